The molecule has 3 N–H and O–H groups in total. The highest BCUT2D eigenvalue weighted by Gasteiger charge is 2.35. The predicted octanol–water partition coefficient (Wildman–Crippen LogP) is 2.68. The molecule has 1 saturated heterocycles. The molecule has 186 valence electrons. The van der Waals surface area contributed by atoms with E-state index in [1.165, 1.54) is 0 Å². The van der Waals surface area contributed by atoms with E-state index in [-0.39, 0.29) is 17.6 Å². The molecule has 1 atom stereocenters. The molecule has 12 heteroatoms. The van der Waals surface area contributed by atoms with Crippen LogP contribution in [0.15, 0.2) is 30.5 Å². The maximum atomic E-state index is 13.2. The number of hydrogen-bond donors (Lipinski definition) is 2. The molecule has 0 radical (unpaired) electrons. The van der Waals surface area contributed by atoms with Crippen LogP contribution in [0.3, 0.4) is 0 Å². The van der Waals surface area contributed by atoms with Crippen LogP contribution < -0.4 is 10.6 Å². The van der Waals surface area contributed by atoms with E-state index in [0.29, 0.717) is 29.3 Å². The van der Waals surface area contributed by atoms with Crippen molar-refractivity contribution in [2.24, 2.45) is 11.7 Å². The zero-order valence-electron chi connectivity index (χ0n) is 19.3. The van der Waals surface area contributed by atoms with Gasteiger partial charge < -0.3 is 20.5 Å². The highest BCUT2D eigenvalue weighted by Crippen LogP contribution is 2.30. The number of H-pyrrole nitrogens is 1. The van der Waals surface area contributed by atoms with E-state index >= 15 is 0 Å². The molecule has 0 saturated carbocycles. The minimum atomic E-state index is -4.70. The van der Waals surface area contributed by atoms with Gasteiger partial charge in [-0.25, -0.2) is 15.0 Å². The highest BCUT2D eigenvalue weighted by atomic mass is 19.4. The first-order valence-electron chi connectivity index (χ1n) is 11.3. The predicted molar refractivity (Wildman–Crippen MR) is 122 cm³/mol. The lowest BCUT2D eigenvalue weighted by Gasteiger charge is -2.32. The van der Waals surface area contributed by atoms with Gasteiger partial charge in [0.15, 0.2) is 5.92 Å². The van der Waals surface area contributed by atoms with Crippen molar-refractivity contribution in [1.29, 1.82) is 0 Å². The number of aromatic amines is 1. The molecular formula is C23H26F3N7O2. The number of primary amides is 1. The topological polar surface area (TPSA) is 121 Å². The molecule has 2 amide bonds. The van der Waals surface area contributed by atoms with Crippen LogP contribution >= 0.6 is 0 Å². The minimum Gasteiger partial charge on any atom is -0.369 e. The molecule has 1 aliphatic rings. The van der Waals surface area contributed by atoms with Crippen LogP contribution in [-0.4, -0.2) is 63.3 Å². The number of carbonyl (C=O) groups excluding carboxylic acids is 2. The van der Waals surface area contributed by atoms with Crippen molar-refractivity contribution in [3.05, 3.63) is 47.8 Å². The van der Waals surface area contributed by atoms with Gasteiger partial charge in [0.25, 0.3) is 0 Å². The third-order valence-corrected chi connectivity index (χ3v) is 6.23. The van der Waals surface area contributed by atoms with E-state index in [1.54, 1.807) is 23.1 Å². The quantitative estimate of drug-likeness (QED) is 0.549. The SMILES string of the molecule is CCN(C(=O)C1CCN(C)CC1)c1ccc2nc(C(C(N)=O)c3nccc(C(F)(F)F)n3)[nH]c2c1. The van der Waals surface area contributed by atoms with E-state index in [4.69, 9.17) is 5.73 Å². The van der Waals surface area contributed by atoms with Crippen LogP contribution in [0.4, 0.5) is 18.9 Å². The summed E-state index contributed by atoms with van der Waals surface area (Å²) in [6.07, 6.45) is -2.19. The van der Waals surface area contributed by atoms with Crippen LogP contribution in [-0.2, 0) is 15.8 Å². The first kappa shape index (κ1) is 24.6. The van der Waals surface area contributed by atoms with Crippen molar-refractivity contribution in [2.45, 2.75) is 31.9 Å². The van der Waals surface area contributed by atoms with Gasteiger partial charge in [-0.2, -0.15) is 13.2 Å². The summed E-state index contributed by atoms with van der Waals surface area (Å²) in [7, 11) is 2.03. The second-order valence-corrected chi connectivity index (χ2v) is 8.62. The lowest BCUT2D eigenvalue weighted by Crippen LogP contribution is -2.41. The number of nitrogens with zero attached hydrogens (tertiary/aromatic N) is 5. The molecular weight excluding hydrogens is 463 g/mol. The Morgan fingerprint density at radius 1 is 1.23 bits per heavy atom. The molecule has 9 nitrogen and oxygen atoms in total. The van der Waals surface area contributed by atoms with Gasteiger partial charge in [0.1, 0.15) is 17.3 Å². The lowest BCUT2D eigenvalue weighted by molar-refractivity contribution is -0.141. The molecule has 1 fully saturated rings. The molecule has 1 aromatic carbocycles. The summed E-state index contributed by atoms with van der Waals surface area (Å²) in [5.41, 5.74) is 5.94. The van der Waals surface area contributed by atoms with Crippen LogP contribution in [0.5, 0.6) is 0 Å². The largest absolute Gasteiger partial charge is 0.433 e. The van der Waals surface area contributed by atoms with Gasteiger partial charge in [0.05, 0.1) is 11.0 Å². The Bertz CT molecular complexity index is 1240. The van der Waals surface area contributed by atoms with Gasteiger partial charge in [0, 0.05) is 24.3 Å². The Morgan fingerprint density at radius 3 is 2.57 bits per heavy atom. The van der Waals surface area contributed by atoms with E-state index in [1.807, 2.05) is 14.0 Å². The minimum absolute atomic E-state index is 0.0219. The monoisotopic (exact) mass is 489 g/mol. The Kier molecular flexibility index (Phi) is 6.75. The van der Waals surface area contributed by atoms with E-state index < -0.39 is 29.5 Å². The van der Waals surface area contributed by atoms with E-state index in [9.17, 15) is 22.8 Å². The fourth-order valence-corrected chi connectivity index (χ4v) is 4.32. The van der Waals surface area contributed by atoms with Crippen LogP contribution in [0.2, 0.25) is 0 Å². The van der Waals surface area contributed by atoms with Gasteiger partial charge in [-0.15, -0.1) is 0 Å². The smallest absolute Gasteiger partial charge is 0.369 e. The van der Waals surface area contributed by atoms with Gasteiger partial charge in [-0.3, -0.25) is 9.59 Å². The Balaban J connectivity index is 1.65. The van der Waals surface area contributed by atoms with Crippen LogP contribution in [0.1, 0.15) is 43.0 Å². The number of benzene rings is 1. The summed E-state index contributed by atoms with van der Waals surface area (Å²) in [4.78, 5) is 43.9. The first-order chi connectivity index (χ1) is 16.6. The third-order valence-electron chi connectivity index (χ3n) is 6.23. The lowest BCUT2D eigenvalue weighted by atomic mass is 9.95. The van der Waals surface area contributed by atoms with Gasteiger partial charge >= 0.3 is 6.18 Å². The van der Waals surface area contributed by atoms with Crippen molar-refractivity contribution in [3.8, 4) is 0 Å². The van der Waals surface area contributed by atoms with Crippen LogP contribution in [0.25, 0.3) is 11.0 Å². The summed E-state index contributed by atoms with van der Waals surface area (Å²) < 4.78 is 39.3. The van der Waals surface area contributed by atoms with Gasteiger partial charge in [-0.1, -0.05) is 0 Å². The Labute approximate surface area is 199 Å². The molecule has 0 bridgehead atoms. The number of aromatic nitrogens is 4. The molecule has 3 heterocycles. The molecule has 3 aromatic rings. The summed E-state index contributed by atoms with van der Waals surface area (Å²) in [5, 5.41) is 0. The Hall–Kier alpha value is -3.54. The number of hydrogen-bond acceptors (Lipinski definition) is 6. The molecule has 1 aliphatic heterocycles. The van der Waals surface area contributed by atoms with Crippen molar-refractivity contribution >= 4 is 28.5 Å². The normalized spacial score (nSPS) is 16.4. The highest BCUT2D eigenvalue weighted by molar-refractivity contribution is 5.97. The third kappa shape index (κ3) is 5.11. The zero-order valence-corrected chi connectivity index (χ0v) is 19.3. The van der Waals surface area contributed by atoms with E-state index in [0.717, 1.165) is 32.1 Å². The first-order valence-corrected chi connectivity index (χ1v) is 11.3. The molecule has 1 unspecified atom stereocenters. The average Bonchev–Trinajstić information content (AvgIpc) is 3.22. The van der Waals surface area contributed by atoms with Crippen LogP contribution in [0, 0.1) is 5.92 Å². The van der Waals surface area contributed by atoms with Gasteiger partial charge in [0.2, 0.25) is 11.8 Å². The second kappa shape index (κ2) is 9.61. The molecule has 0 aliphatic carbocycles. The summed E-state index contributed by atoms with van der Waals surface area (Å²) >= 11 is 0. The zero-order chi connectivity index (χ0) is 25.3. The van der Waals surface area contributed by atoms with E-state index in [2.05, 4.69) is 24.8 Å². The maximum absolute atomic E-state index is 13.2. The number of fused-ring (bicyclic) bond motifs is 1. The molecule has 35 heavy (non-hydrogen) atoms. The summed E-state index contributed by atoms with van der Waals surface area (Å²) in [6, 6.07) is 5.88. The van der Waals surface area contributed by atoms with Crippen molar-refractivity contribution in [3.63, 3.8) is 0 Å². The fraction of sp³-hybridized carbons (Fsp3) is 0.435. The molecule has 2 aromatic heterocycles. The molecule has 4 rings (SSSR count). The number of rotatable bonds is 6. The number of halogens is 3. The van der Waals surface area contributed by atoms with Crippen molar-refractivity contribution < 1.29 is 22.8 Å². The summed E-state index contributed by atoms with van der Waals surface area (Å²) in [5.74, 6) is -2.75. The number of imidazole rings is 1. The fourth-order valence-electron chi connectivity index (χ4n) is 4.32. The number of nitrogens with one attached hydrogen (secondary N) is 1. The molecule has 0 spiro atoms. The number of anilines is 1. The second-order valence-electron chi connectivity index (χ2n) is 8.62. The number of nitrogens with two attached hydrogens (primary N) is 1. The average molecular weight is 490 g/mol. The number of likely N-dealkylation sites (tertiary alicyclic amines) is 1. The maximum Gasteiger partial charge on any atom is 0.433 e. The van der Waals surface area contributed by atoms with Crippen molar-refractivity contribution in [1.82, 2.24) is 24.8 Å². The number of piperidine rings is 1. The number of carbonyl (C=O) groups is 2. The Morgan fingerprint density at radius 2 is 1.94 bits per heavy atom. The summed E-state index contributed by atoms with van der Waals surface area (Å²) in [6.45, 7) is 4.09. The number of alkyl halides is 3. The number of amides is 2. The van der Waals surface area contributed by atoms with Gasteiger partial charge in [-0.05, 0) is 64.2 Å². The van der Waals surface area contributed by atoms with Crippen molar-refractivity contribution in [2.75, 3.05) is 31.6 Å². The standard InChI is InChI=1S/C23H26F3N7O2/c1-3-33(22(35)13-7-10-32(2)11-8-13)14-4-5-15-16(12-14)30-21(29-15)18(19(27)34)20-28-9-6-17(31-20)23(24,25)26/h4-6,9,12-13,18H,3,7-8,10-11H2,1-2H3,(H2,27,34)(H,29,30).